The monoisotopic (exact) mass is 160 g/mol. The number of nitrogens with two attached hydrogens (primary N) is 2. The Hall–Kier alpha value is -1.46. The molecule has 6 N–H and O–H groups in total. The van der Waals surface area contributed by atoms with E-state index in [4.69, 9.17) is 21.9 Å². The van der Waals surface area contributed by atoms with E-state index in [0.29, 0.717) is 0 Å². The highest BCUT2D eigenvalue weighted by atomic mass is 16.4. The highest BCUT2D eigenvalue weighted by molar-refractivity contribution is 5.88. The summed E-state index contributed by atoms with van der Waals surface area (Å²) in [6.07, 6.45) is 0.270. The highest BCUT2D eigenvalue weighted by Gasteiger charge is 2.09. The van der Waals surface area contributed by atoms with E-state index >= 15 is 0 Å². The van der Waals surface area contributed by atoms with Crippen LogP contribution in [0.2, 0.25) is 0 Å². The van der Waals surface area contributed by atoms with Crippen molar-refractivity contribution >= 4 is 11.7 Å². The van der Waals surface area contributed by atoms with Gasteiger partial charge in [-0.1, -0.05) is 17.2 Å². The third kappa shape index (κ3) is 3.29. The summed E-state index contributed by atoms with van der Waals surface area (Å²) >= 11 is 0. The zero-order valence-electron chi connectivity index (χ0n) is 6.23. The van der Waals surface area contributed by atoms with Crippen molar-refractivity contribution in [3.05, 3.63) is 0 Å². The van der Waals surface area contributed by atoms with Gasteiger partial charge < -0.3 is 21.9 Å². The zero-order chi connectivity index (χ0) is 8.85. The number of hydrogen-bond donors (Lipinski definition) is 4. The van der Waals surface area contributed by atoms with E-state index in [1.54, 1.807) is 6.92 Å². The molecule has 0 aliphatic rings. The number of oxime groups is 2. The molecule has 0 bridgehead atoms. The van der Waals surface area contributed by atoms with Crippen LogP contribution in [0.3, 0.4) is 0 Å². The molecule has 0 aromatic rings. The molecule has 11 heavy (non-hydrogen) atoms. The molecule has 0 heterocycles. The Kier molecular flexibility index (Phi) is 3.79. The molecular weight excluding hydrogens is 148 g/mol. The Balaban J connectivity index is 3.97. The van der Waals surface area contributed by atoms with Gasteiger partial charge in [0.1, 0.15) is 11.7 Å². The van der Waals surface area contributed by atoms with Gasteiger partial charge in [0.2, 0.25) is 0 Å². The van der Waals surface area contributed by atoms with E-state index in [0.717, 1.165) is 0 Å². The van der Waals surface area contributed by atoms with E-state index in [1.807, 2.05) is 0 Å². The molecule has 0 radical (unpaired) electrons. The van der Waals surface area contributed by atoms with Crippen LogP contribution in [0.25, 0.3) is 0 Å². The second kappa shape index (κ2) is 4.37. The Morgan fingerprint density at radius 1 is 1.36 bits per heavy atom. The minimum Gasteiger partial charge on any atom is -0.409 e. The largest absolute Gasteiger partial charge is 0.409 e. The van der Waals surface area contributed by atoms with Gasteiger partial charge in [-0.2, -0.15) is 0 Å². The molecule has 0 aliphatic carbocycles. The van der Waals surface area contributed by atoms with Gasteiger partial charge in [0.05, 0.1) is 0 Å². The zero-order valence-corrected chi connectivity index (χ0v) is 6.23. The lowest BCUT2D eigenvalue weighted by Gasteiger charge is -2.06. The van der Waals surface area contributed by atoms with Gasteiger partial charge in [-0.3, -0.25) is 0 Å². The first kappa shape index (κ1) is 9.54. The maximum Gasteiger partial charge on any atom is 0.142 e. The fraction of sp³-hybridized carbons (Fsp3) is 0.600. The Morgan fingerprint density at radius 3 is 2.27 bits per heavy atom. The first-order chi connectivity index (χ1) is 5.11. The topological polar surface area (TPSA) is 117 Å². The lowest BCUT2D eigenvalue weighted by molar-refractivity contribution is 0.312. The predicted molar refractivity (Wildman–Crippen MR) is 40.6 cm³/mol. The summed E-state index contributed by atoms with van der Waals surface area (Å²) in [5.74, 6) is -0.100. The third-order valence-electron chi connectivity index (χ3n) is 1.26. The van der Waals surface area contributed by atoms with E-state index < -0.39 is 0 Å². The predicted octanol–water partition coefficient (Wildman–Crippen LogP) is -0.495. The van der Waals surface area contributed by atoms with Gasteiger partial charge in [0, 0.05) is 12.3 Å². The van der Waals surface area contributed by atoms with Crippen LogP contribution in [-0.4, -0.2) is 22.1 Å². The van der Waals surface area contributed by atoms with E-state index in [9.17, 15) is 0 Å². The standard InChI is InChI=1S/C5H12N4O2/c1-3(5(7)9-11)2-4(6)8-10/h3,10-11H,2H2,1H3,(H2,6,8)(H2,7,9). The summed E-state index contributed by atoms with van der Waals surface area (Å²) in [5.41, 5.74) is 10.4. The van der Waals surface area contributed by atoms with Crippen molar-refractivity contribution in [1.29, 1.82) is 0 Å². The number of hydrogen-bond acceptors (Lipinski definition) is 4. The Morgan fingerprint density at radius 2 is 1.91 bits per heavy atom. The summed E-state index contributed by atoms with van der Waals surface area (Å²) in [5, 5.41) is 21.9. The Bertz CT molecular complexity index is 177. The summed E-state index contributed by atoms with van der Waals surface area (Å²) in [6.45, 7) is 1.70. The van der Waals surface area contributed by atoms with Gasteiger partial charge in [-0.25, -0.2) is 0 Å². The van der Waals surface area contributed by atoms with Crippen molar-refractivity contribution < 1.29 is 10.4 Å². The smallest absolute Gasteiger partial charge is 0.142 e. The summed E-state index contributed by atoms with van der Waals surface area (Å²) in [6, 6.07) is 0. The lowest BCUT2D eigenvalue weighted by Crippen LogP contribution is -2.26. The maximum atomic E-state index is 8.21. The van der Waals surface area contributed by atoms with Crippen LogP contribution in [-0.2, 0) is 0 Å². The molecule has 1 atom stereocenters. The fourth-order valence-electron chi connectivity index (χ4n) is 0.558. The summed E-state index contributed by atoms with van der Waals surface area (Å²) in [7, 11) is 0. The van der Waals surface area contributed by atoms with Gasteiger partial charge in [-0.05, 0) is 0 Å². The fourth-order valence-corrected chi connectivity index (χ4v) is 0.558. The average Bonchev–Trinajstić information content (AvgIpc) is 2.02. The van der Waals surface area contributed by atoms with Crippen LogP contribution in [0.15, 0.2) is 10.3 Å². The van der Waals surface area contributed by atoms with Crippen LogP contribution < -0.4 is 11.5 Å². The molecule has 0 aromatic carbocycles. The normalized spacial score (nSPS) is 16.5. The molecule has 64 valence electrons. The molecule has 0 amide bonds. The first-order valence-corrected chi connectivity index (χ1v) is 3.05. The maximum absolute atomic E-state index is 8.21. The molecule has 6 nitrogen and oxygen atoms in total. The molecule has 0 aliphatic heterocycles. The van der Waals surface area contributed by atoms with Crippen molar-refractivity contribution in [3.8, 4) is 0 Å². The van der Waals surface area contributed by atoms with Crippen LogP contribution in [0, 0.1) is 5.92 Å². The highest BCUT2D eigenvalue weighted by Crippen LogP contribution is 2.00. The van der Waals surface area contributed by atoms with Crippen LogP contribution in [0.4, 0.5) is 0 Å². The van der Waals surface area contributed by atoms with Gasteiger partial charge >= 0.3 is 0 Å². The van der Waals surface area contributed by atoms with E-state index in [-0.39, 0.29) is 24.0 Å². The van der Waals surface area contributed by atoms with Crippen molar-refractivity contribution in [1.82, 2.24) is 0 Å². The number of nitrogens with zero attached hydrogens (tertiary/aromatic N) is 2. The molecule has 1 unspecified atom stereocenters. The SMILES string of the molecule is CC(C/C(N)=N/O)/C(N)=N/O. The van der Waals surface area contributed by atoms with Gasteiger partial charge in [0.15, 0.2) is 0 Å². The molecule has 0 rings (SSSR count). The first-order valence-electron chi connectivity index (χ1n) is 3.05. The van der Waals surface area contributed by atoms with E-state index in [1.165, 1.54) is 0 Å². The van der Waals surface area contributed by atoms with Crippen molar-refractivity contribution in [2.24, 2.45) is 27.7 Å². The molecule has 0 saturated carbocycles. The van der Waals surface area contributed by atoms with Gasteiger partial charge in [-0.15, -0.1) is 0 Å². The van der Waals surface area contributed by atoms with Crippen molar-refractivity contribution in [2.75, 3.05) is 0 Å². The molecular formula is C5H12N4O2. The summed E-state index contributed by atoms with van der Waals surface area (Å²) < 4.78 is 0. The Labute approximate surface area is 64.2 Å². The van der Waals surface area contributed by atoms with Gasteiger partial charge in [0.25, 0.3) is 0 Å². The van der Waals surface area contributed by atoms with Crippen molar-refractivity contribution in [2.45, 2.75) is 13.3 Å². The van der Waals surface area contributed by atoms with Crippen LogP contribution >= 0.6 is 0 Å². The number of rotatable bonds is 3. The average molecular weight is 160 g/mol. The molecule has 0 saturated heterocycles. The minimum atomic E-state index is -0.226. The molecule has 0 aromatic heterocycles. The molecule has 0 spiro atoms. The lowest BCUT2D eigenvalue weighted by atomic mass is 10.1. The molecule has 0 fully saturated rings. The molecule has 6 heteroatoms. The van der Waals surface area contributed by atoms with E-state index in [2.05, 4.69) is 10.3 Å². The minimum absolute atomic E-state index is 0.0594. The van der Waals surface area contributed by atoms with Crippen molar-refractivity contribution in [3.63, 3.8) is 0 Å². The van der Waals surface area contributed by atoms with Crippen LogP contribution in [0.1, 0.15) is 13.3 Å². The third-order valence-corrected chi connectivity index (χ3v) is 1.26. The second-order valence-electron chi connectivity index (χ2n) is 2.22. The quantitative estimate of drug-likeness (QED) is 0.193. The number of amidine groups is 2. The summed E-state index contributed by atoms with van der Waals surface area (Å²) in [4.78, 5) is 0. The second-order valence-corrected chi connectivity index (χ2v) is 2.22. The van der Waals surface area contributed by atoms with Crippen LogP contribution in [0.5, 0.6) is 0 Å².